The normalized spacial score (nSPS) is 10.6. The molecule has 0 saturated heterocycles. The van der Waals surface area contributed by atoms with Crippen LogP contribution in [0.5, 0.6) is 5.75 Å². The summed E-state index contributed by atoms with van der Waals surface area (Å²) in [6, 6.07) is 10.2. The van der Waals surface area contributed by atoms with Crippen LogP contribution in [-0.2, 0) is 13.2 Å². The monoisotopic (exact) mass is 367 g/mol. The zero-order chi connectivity index (χ0) is 19.1. The van der Waals surface area contributed by atoms with Gasteiger partial charge in [-0.3, -0.25) is 9.59 Å². The van der Waals surface area contributed by atoms with Crippen LogP contribution in [0.4, 0.5) is 0 Å². The van der Waals surface area contributed by atoms with Crippen LogP contribution in [0.1, 0.15) is 40.0 Å². The van der Waals surface area contributed by atoms with Crippen LogP contribution in [0.2, 0.25) is 0 Å². The van der Waals surface area contributed by atoms with Crippen molar-refractivity contribution in [1.82, 2.24) is 14.9 Å². The van der Waals surface area contributed by atoms with Crippen molar-refractivity contribution in [3.63, 3.8) is 0 Å². The number of aryl methyl sites for hydroxylation is 1. The largest absolute Gasteiger partial charge is 0.486 e. The molecule has 0 unspecified atom stereocenters. The predicted molar refractivity (Wildman–Crippen MR) is 98.7 cm³/mol. The summed E-state index contributed by atoms with van der Waals surface area (Å²) >= 11 is 0. The van der Waals surface area contributed by atoms with Gasteiger partial charge in [0, 0.05) is 31.0 Å². The Balaban J connectivity index is 1.43. The van der Waals surface area contributed by atoms with Gasteiger partial charge in [0.25, 0.3) is 5.91 Å². The quantitative estimate of drug-likeness (QED) is 0.464. The maximum absolute atomic E-state index is 12.1. The third-order valence-corrected chi connectivity index (χ3v) is 3.97. The summed E-state index contributed by atoms with van der Waals surface area (Å²) in [5.41, 5.74) is 0.632. The predicted octanol–water partition coefficient (Wildman–Crippen LogP) is 3.08. The number of imidazole rings is 1. The first kappa shape index (κ1) is 18.4. The molecule has 7 nitrogen and oxygen atoms in total. The number of amides is 1. The average molecular weight is 367 g/mol. The van der Waals surface area contributed by atoms with E-state index in [0.29, 0.717) is 23.6 Å². The molecular formula is C20H21N3O4. The van der Waals surface area contributed by atoms with Gasteiger partial charge in [-0.25, -0.2) is 4.98 Å². The van der Waals surface area contributed by atoms with Gasteiger partial charge < -0.3 is 19.0 Å². The van der Waals surface area contributed by atoms with Crippen molar-refractivity contribution in [3.8, 4) is 5.75 Å². The maximum atomic E-state index is 12.1. The molecule has 27 heavy (non-hydrogen) atoms. The van der Waals surface area contributed by atoms with Crippen molar-refractivity contribution in [2.45, 2.75) is 26.5 Å². The molecule has 7 heteroatoms. The first-order valence-corrected chi connectivity index (χ1v) is 8.68. The smallest absolute Gasteiger partial charge is 0.286 e. The van der Waals surface area contributed by atoms with Gasteiger partial charge in [-0.15, -0.1) is 0 Å². The van der Waals surface area contributed by atoms with Gasteiger partial charge in [-0.05, 0) is 49.7 Å². The summed E-state index contributed by atoms with van der Waals surface area (Å²) < 4.78 is 13.1. The second kappa shape index (κ2) is 8.84. The molecule has 2 heterocycles. The standard InChI is InChI=1S/C20H21N3O4/c1-15(24)16-3-5-17(6-4-16)26-13-18-7-8-19(27-18)20(25)22-9-2-11-23-12-10-21-14-23/h3-8,10,12,14H,2,9,11,13H2,1H3,(H,22,25). The molecular weight excluding hydrogens is 346 g/mol. The number of aromatic nitrogens is 2. The number of ketones is 1. The Bertz CT molecular complexity index is 882. The van der Waals surface area contributed by atoms with Gasteiger partial charge >= 0.3 is 0 Å². The summed E-state index contributed by atoms with van der Waals surface area (Å²) in [4.78, 5) is 27.3. The lowest BCUT2D eigenvalue weighted by atomic mass is 10.1. The highest BCUT2D eigenvalue weighted by molar-refractivity contribution is 5.94. The highest BCUT2D eigenvalue weighted by atomic mass is 16.5. The molecule has 0 radical (unpaired) electrons. The van der Waals surface area contributed by atoms with Crippen LogP contribution >= 0.6 is 0 Å². The lowest BCUT2D eigenvalue weighted by Crippen LogP contribution is -2.24. The van der Waals surface area contributed by atoms with Crippen LogP contribution in [0, 0.1) is 0 Å². The fraction of sp³-hybridized carbons (Fsp3) is 0.250. The molecule has 3 aromatic rings. The van der Waals surface area contributed by atoms with Crippen molar-refractivity contribution in [3.05, 3.63) is 72.2 Å². The molecule has 1 N–H and O–H groups in total. The number of hydrogen-bond acceptors (Lipinski definition) is 5. The highest BCUT2D eigenvalue weighted by Gasteiger charge is 2.11. The molecule has 2 aromatic heterocycles. The van der Waals surface area contributed by atoms with E-state index in [9.17, 15) is 9.59 Å². The minimum atomic E-state index is -0.252. The topological polar surface area (TPSA) is 86.4 Å². The van der Waals surface area contributed by atoms with Gasteiger partial charge in [0.15, 0.2) is 11.5 Å². The van der Waals surface area contributed by atoms with Crippen molar-refractivity contribution >= 4 is 11.7 Å². The van der Waals surface area contributed by atoms with Crippen LogP contribution in [-0.4, -0.2) is 27.8 Å². The van der Waals surface area contributed by atoms with Gasteiger partial charge in [-0.2, -0.15) is 0 Å². The van der Waals surface area contributed by atoms with E-state index in [0.717, 1.165) is 13.0 Å². The van der Waals surface area contributed by atoms with Crippen molar-refractivity contribution < 1.29 is 18.7 Å². The van der Waals surface area contributed by atoms with Crippen LogP contribution in [0.15, 0.2) is 59.5 Å². The number of furan rings is 1. The minimum absolute atomic E-state index is 0.00765. The number of nitrogens with zero attached hydrogens (tertiary/aromatic N) is 2. The van der Waals surface area contributed by atoms with Crippen molar-refractivity contribution in [1.29, 1.82) is 0 Å². The maximum Gasteiger partial charge on any atom is 0.286 e. The molecule has 0 bridgehead atoms. The number of carbonyl (C=O) groups excluding carboxylic acids is 2. The molecule has 0 spiro atoms. The lowest BCUT2D eigenvalue weighted by Gasteiger charge is -2.05. The molecule has 3 rings (SSSR count). The van der Waals surface area contributed by atoms with Crippen LogP contribution in [0.25, 0.3) is 0 Å². The fourth-order valence-corrected chi connectivity index (χ4v) is 2.49. The second-order valence-electron chi connectivity index (χ2n) is 6.05. The Labute approximate surface area is 157 Å². The average Bonchev–Trinajstić information content (AvgIpc) is 3.35. The van der Waals surface area contributed by atoms with E-state index >= 15 is 0 Å². The van der Waals surface area contributed by atoms with Crippen LogP contribution in [0.3, 0.4) is 0 Å². The Morgan fingerprint density at radius 1 is 1.19 bits per heavy atom. The summed E-state index contributed by atoms with van der Waals surface area (Å²) in [5, 5.41) is 2.83. The van der Waals surface area contributed by atoms with Crippen molar-refractivity contribution in [2.24, 2.45) is 0 Å². The number of ether oxygens (including phenoxy) is 1. The van der Waals surface area contributed by atoms with E-state index in [-0.39, 0.29) is 24.1 Å². The number of carbonyl (C=O) groups is 2. The molecule has 0 aliphatic rings. The number of benzene rings is 1. The zero-order valence-corrected chi connectivity index (χ0v) is 15.1. The van der Waals surface area contributed by atoms with Gasteiger partial charge in [0.1, 0.15) is 18.1 Å². The van der Waals surface area contributed by atoms with E-state index in [4.69, 9.17) is 9.15 Å². The van der Waals surface area contributed by atoms with Gasteiger partial charge in [-0.1, -0.05) is 0 Å². The highest BCUT2D eigenvalue weighted by Crippen LogP contribution is 2.16. The summed E-state index contributed by atoms with van der Waals surface area (Å²) in [6.45, 7) is 3.06. The van der Waals surface area contributed by atoms with E-state index in [1.54, 1.807) is 48.9 Å². The third-order valence-electron chi connectivity index (χ3n) is 3.97. The number of nitrogens with one attached hydrogen (secondary N) is 1. The number of hydrogen-bond donors (Lipinski definition) is 1. The summed E-state index contributed by atoms with van der Waals surface area (Å²) in [5.74, 6) is 1.19. The molecule has 1 aromatic carbocycles. The molecule has 0 saturated carbocycles. The molecule has 0 aliphatic heterocycles. The van der Waals surface area contributed by atoms with Gasteiger partial charge in [0.2, 0.25) is 0 Å². The van der Waals surface area contributed by atoms with E-state index in [1.165, 1.54) is 6.92 Å². The SMILES string of the molecule is CC(=O)c1ccc(OCc2ccc(C(=O)NCCCn3ccnc3)o2)cc1. The fourth-order valence-electron chi connectivity index (χ4n) is 2.49. The van der Waals surface area contributed by atoms with E-state index in [2.05, 4.69) is 10.3 Å². The zero-order valence-electron chi connectivity index (χ0n) is 15.1. The Morgan fingerprint density at radius 3 is 2.70 bits per heavy atom. The van der Waals surface area contributed by atoms with Gasteiger partial charge in [0.05, 0.1) is 6.33 Å². The molecule has 1 amide bonds. The lowest BCUT2D eigenvalue weighted by molar-refractivity contribution is 0.0920. The van der Waals surface area contributed by atoms with Crippen molar-refractivity contribution in [2.75, 3.05) is 6.54 Å². The number of Topliss-reactive ketones (excluding diaryl/α,β-unsaturated/α-hetero) is 1. The minimum Gasteiger partial charge on any atom is -0.486 e. The second-order valence-corrected chi connectivity index (χ2v) is 6.05. The molecule has 140 valence electrons. The molecule has 0 atom stereocenters. The first-order valence-electron chi connectivity index (χ1n) is 8.68. The Hall–Kier alpha value is -3.35. The molecule has 0 fully saturated rings. The summed E-state index contributed by atoms with van der Waals surface area (Å²) in [7, 11) is 0. The van der Waals surface area contributed by atoms with E-state index in [1.807, 2.05) is 10.8 Å². The van der Waals surface area contributed by atoms with Crippen LogP contribution < -0.4 is 10.1 Å². The van der Waals surface area contributed by atoms with E-state index < -0.39 is 0 Å². The Morgan fingerprint density at radius 2 is 2.00 bits per heavy atom. The summed E-state index contributed by atoms with van der Waals surface area (Å²) in [6.07, 6.45) is 6.15. The number of rotatable bonds is 9. The molecule has 0 aliphatic carbocycles. The Kier molecular flexibility index (Phi) is 6.04. The third kappa shape index (κ3) is 5.31. The first-order chi connectivity index (χ1) is 13.1.